The summed E-state index contributed by atoms with van der Waals surface area (Å²) in [5.74, 6) is -1.74. The molecular formula is C15H17ClFNO3. The third-order valence-corrected chi connectivity index (χ3v) is 4.47. The molecule has 0 radical (unpaired) electrons. The smallest absolute Gasteiger partial charge is 0.311 e. The molecule has 1 unspecified atom stereocenters. The van der Waals surface area contributed by atoms with Gasteiger partial charge in [0.1, 0.15) is 5.82 Å². The number of nitrogens with zero attached hydrogens (tertiary/aromatic N) is 1. The molecule has 1 aliphatic heterocycles. The first-order chi connectivity index (χ1) is 9.89. The summed E-state index contributed by atoms with van der Waals surface area (Å²) in [6.07, 6.45) is 1.65. The molecule has 1 atom stereocenters. The standard InChI is InChI=1S/C15H17ClFNO3/c1-2-15(14(20)21)6-3-7-18(9-15)13(19)11-5-4-10(17)8-12(11)16/h4-5,8H,2-3,6-7,9H2,1H3,(H,20,21). The van der Waals surface area contributed by atoms with E-state index in [1.54, 1.807) is 0 Å². The largest absolute Gasteiger partial charge is 0.481 e. The maximum atomic E-state index is 13.0. The second-order valence-electron chi connectivity index (χ2n) is 5.39. The molecular weight excluding hydrogens is 297 g/mol. The van der Waals surface area contributed by atoms with Gasteiger partial charge in [-0.15, -0.1) is 0 Å². The molecule has 1 fully saturated rings. The van der Waals surface area contributed by atoms with Crippen LogP contribution in [0, 0.1) is 11.2 Å². The van der Waals surface area contributed by atoms with Crippen molar-refractivity contribution >= 4 is 23.5 Å². The van der Waals surface area contributed by atoms with Crippen LogP contribution in [-0.2, 0) is 4.79 Å². The number of hydrogen-bond donors (Lipinski definition) is 1. The average molecular weight is 314 g/mol. The van der Waals surface area contributed by atoms with Gasteiger partial charge in [0.2, 0.25) is 0 Å². The molecule has 0 bridgehead atoms. The first kappa shape index (κ1) is 15.8. The molecule has 1 amide bonds. The molecule has 0 saturated carbocycles. The number of carbonyl (C=O) groups excluding carboxylic acids is 1. The van der Waals surface area contributed by atoms with Crippen LogP contribution in [0.25, 0.3) is 0 Å². The molecule has 1 aliphatic rings. The van der Waals surface area contributed by atoms with Crippen LogP contribution in [0.5, 0.6) is 0 Å². The van der Waals surface area contributed by atoms with E-state index in [2.05, 4.69) is 0 Å². The Morgan fingerprint density at radius 3 is 2.76 bits per heavy atom. The van der Waals surface area contributed by atoms with Gasteiger partial charge in [0, 0.05) is 13.1 Å². The first-order valence-electron chi connectivity index (χ1n) is 6.87. The van der Waals surface area contributed by atoms with Gasteiger partial charge in [0.05, 0.1) is 16.0 Å². The normalized spacial score (nSPS) is 22.1. The van der Waals surface area contributed by atoms with E-state index < -0.39 is 17.2 Å². The van der Waals surface area contributed by atoms with Crippen LogP contribution in [0.15, 0.2) is 18.2 Å². The highest BCUT2D eigenvalue weighted by Crippen LogP contribution is 2.34. The zero-order valence-electron chi connectivity index (χ0n) is 11.7. The number of piperidine rings is 1. The highest BCUT2D eigenvalue weighted by atomic mass is 35.5. The first-order valence-corrected chi connectivity index (χ1v) is 7.25. The summed E-state index contributed by atoms with van der Waals surface area (Å²) in [6, 6.07) is 3.60. The van der Waals surface area contributed by atoms with E-state index >= 15 is 0 Å². The number of benzene rings is 1. The third kappa shape index (κ3) is 3.02. The van der Waals surface area contributed by atoms with E-state index in [0.29, 0.717) is 25.8 Å². The molecule has 1 aromatic rings. The summed E-state index contributed by atoms with van der Waals surface area (Å²) in [4.78, 5) is 25.5. The molecule has 4 nitrogen and oxygen atoms in total. The second kappa shape index (κ2) is 6.02. The van der Waals surface area contributed by atoms with Crippen molar-refractivity contribution in [3.8, 4) is 0 Å². The van der Waals surface area contributed by atoms with Gasteiger partial charge in [-0.2, -0.15) is 0 Å². The van der Waals surface area contributed by atoms with Crippen LogP contribution in [0.2, 0.25) is 5.02 Å². The van der Waals surface area contributed by atoms with Crippen molar-refractivity contribution in [1.29, 1.82) is 0 Å². The Labute approximate surface area is 127 Å². The minimum atomic E-state index is -0.902. The van der Waals surface area contributed by atoms with Crippen LogP contribution in [0.4, 0.5) is 4.39 Å². The zero-order valence-corrected chi connectivity index (χ0v) is 12.5. The Morgan fingerprint density at radius 2 is 2.19 bits per heavy atom. The number of aliphatic carboxylic acids is 1. The van der Waals surface area contributed by atoms with Crippen LogP contribution < -0.4 is 0 Å². The Hall–Kier alpha value is -1.62. The number of amides is 1. The van der Waals surface area contributed by atoms with Crippen molar-refractivity contribution in [2.75, 3.05) is 13.1 Å². The predicted octanol–water partition coefficient (Wildman–Crippen LogP) is 3.20. The summed E-state index contributed by atoms with van der Waals surface area (Å²) >= 11 is 5.91. The molecule has 6 heteroatoms. The molecule has 1 N–H and O–H groups in total. The topological polar surface area (TPSA) is 57.6 Å². The van der Waals surface area contributed by atoms with E-state index in [9.17, 15) is 19.1 Å². The lowest BCUT2D eigenvalue weighted by Crippen LogP contribution is -2.49. The fourth-order valence-corrected chi connectivity index (χ4v) is 3.00. The zero-order chi connectivity index (χ0) is 15.6. The van der Waals surface area contributed by atoms with Crippen LogP contribution in [0.1, 0.15) is 36.5 Å². The molecule has 1 aromatic carbocycles. The quantitative estimate of drug-likeness (QED) is 0.932. The van der Waals surface area contributed by atoms with Gasteiger partial charge in [-0.3, -0.25) is 9.59 Å². The Bertz CT molecular complexity index is 578. The average Bonchev–Trinajstić information content (AvgIpc) is 2.46. The van der Waals surface area contributed by atoms with Gasteiger partial charge in [0.25, 0.3) is 5.91 Å². The van der Waals surface area contributed by atoms with Gasteiger partial charge < -0.3 is 10.0 Å². The van der Waals surface area contributed by atoms with E-state index in [1.165, 1.54) is 17.0 Å². The van der Waals surface area contributed by atoms with E-state index in [1.807, 2.05) is 6.92 Å². The maximum absolute atomic E-state index is 13.0. The number of carbonyl (C=O) groups is 2. The number of halogens is 2. The summed E-state index contributed by atoms with van der Waals surface area (Å²) < 4.78 is 13.0. The molecule has 1 saturated heterocycles. The highest BCUT2D eigenvalue weighted by molar-refractivity contribution is 6.33. The Morgan fingerprint density at radius 1 is 1.48 bits per heavy atom. The molecule has 0 aliphatic carbocycles. The molecule has 1 heterocycles. The van der Waals surface area contributed by atoms with Gasteiger partial charge in [-0.25, -0.2) is 4.39 Å². The number of carboxylic acid groups (broad SMARTS) is 1. The predicted molar refractivity (Wildman–Crippen MR) is 76.9 cm³/mol. The van der Waals surface area contributed by atoms with Gasteiger partial charge >= 0.3 is 5.97 Å². The van der Waals surface area contributed by atoms with Gasteiger partial charge in [-0.1, -0.05) is 18.5 Å². The van der Waals surface area contributed by atoms with Crippen molar-refractivity contribution < 1.29 is 19.1 Å². The van der Waals surface area contributed by atoms with Crippen molar-refractivity contribution in [3.63, 3.8) is 0 Å². The van der Waals surface area contributed by atoms with Crippen molar-refractivity contribution in [3.05, 3.63) is 34.6 Å². The van der Waals surface area contributed by atoms with Crippen molar-refractivity contribution in [1.82, 2.24) is 4.90 Å². The van der Waals surface area contributed by atoms with Crippen LogP contribution >= 0.6 is 11.6 Å². The lowest BCUT2D eigenvalue weighted by molar-refractivity contribution is -0.152. The fraction of sp³-hybridized carbons (Fsp3) is 0.467. The van der Waals surface area contributed by atoms with Gasteiger partial charge in [0.15, 0.2) is 0 Å². The highest BCUT2D eigenvalue weighted by Gasteiger charge is 2.42. The minimum Gasteiger partial charge on any atom is -0.481 e. The van der Waals surface area contributed by atoms with Gasteiger partial charge in [-0.05, 0) is 37.5 Å². The summed E-state index contributed by atoms with van der Waals surface area (Å²) in [6.45, 7) is 2.46. The number of rotatable bonds is 3. The molecule has 114 valence electrons. The SMILES string of the molecule is CCC1(C(=O)O)CCCN(C(=O)c2ccc(F)cc2Cl)C1. The van der Waals surface area contributed by atoms with Crippen LogP contribution in [-0.4, -0.2) is 35.0 Å². The number of hydrogen-bond acceptors (Lipinski definition) is 2. The summed E-state index contributed by atoms with van der Waals surface area (Å²) in [5, 5.41) is 9.48. The lowest BCUT2D eigenvalue weighted by Gasteiger charge is -2.39. The molecule has 2 rings (SSSR count). The summed E-state index contributed by atoms with van der Waals surface area (Å²) in [7, 11) is 0. The molecule has 0 spiro atoms. The number of carboxylic acids is 1. The van der Waals surface area contributed by atoms with E-state index in [-0.39, 0.29) is 23.0 Å². The second-order valence-corrected chi connectivity index (χ2v) is 5.80. The molecule has 21 heavy (non-hydrogen) atoms. The Balaban J connectivity index is 2.25. The maximum Gasteiger partial charge on any atom is 0.311 e. The van der Waals surface area contributed by atoms with Crippen molar-refractivity contribution in [2.24, 2.45) is 5.41 Å². The Kier molecular flexibility index (Phi) is 4.52. The van der Waals surface area contributed by atoms with E-state index in [4.69, 9.17) is 11.6 Å². The monoisotopic (exact) mass is 313 g/mol. The lowest BCUT2D eigenvalue weighted by atomic mass is 9.77. The third-order valence-electron chi connectivity index (χ3n) is 4.16. The summed E-state index contributed by atoms with van der Waals surface area (Å²) in [5.41, 5.74) is -0.698. The fourth-order valence-electron chi connectivity index (χ4n) is 2.75. The molecule has 0 aromatic heterocycles. The van der Waals surface area contributed by atoms with E-state index in [0.717, 1.165) is 6.07 Å². The van der Waals surface area contributed by atoms with Crippen molar-refractivity contribution in [2.45, 2.75) is 26.2 Å². The van der Waals surface area contributed by atoms with Crippen LogP contribution in [0.3, 0.4) is 0 Å². The minimum absolute atomic E-state index is 0.0444. The number of likely N-dealkylation sites (tertiary alicyclic amines) is 1.